The molecule has 0 fully saturated rings. The molecule has 2 aromatic heterocycles. The molecule has 6 heteroatoms. The molecule has 0 aliphatic carbocycles. The molecule has 0 saturated carbocycles. The number of carbonyl (C=O) groups is 1. The topological polar surface area (TPSA) is 68.3 Å². The first-order chi connectivity index (χ1) is 14.6. The molecule has 1 unspecified atom stereocenters. The monoisotopic (exact) mass is 404 g/mol. The van der Waals surface area contributed by atoms with Crippen LogP contribution in [0.1, 0.15) is 29.5 Å². The summed E-state index contributed by atoms with van der Waals surface area (Å²) in [5.41, 5.74) is 1.32. The second kappa shape index (κ2) is 8.78. The number of nitrogens with zero attached hydrogens (tertiary/aromatic N) is 1. The van der Waals surface area contributed by atoms with E-state index in [9.17, 15) is 9.18 Å². The Kier molecular flexibility index (Phi) is 5.75. The van der Waals surface area contributed by atoms with Gasteiger partial charge in [-0.2, -0.15) is 0 Å². The van der Waals surface area contributed by atoms with Crippen molar-refractivity contribution in [3.8, 4) is 22.8 Å². The lowest BCUT2D eigenvalue weighted by molar-refractivity contribution is 0.0938. The van der Waals surface area contributed by atoms with E-state index in [-0.39, 0.29) is 17.8 Å². The lowest BCUT2D eigenvalue weighted by Crippen LogP contribution is -2.33. The molecule has 0 spiro atoms. The van der Waals surface area contributed by atoms with Crippen molar-refractivity contribution in [2.45, 2.75) is 25.8 Å². The Bertz CT molecular complexity index is 1130. The molecule has 2 aromatic carbocycles. The summed E-state index contributed by atoms with van der Waals surface area (Å²) in [6.45, 7) is 1.95. The second-order valence-electron chi connectivity index (χ2n) is 7.05. The van der Waals surface area contributed by atoms with E-state index in [1.165, 1.54) is 12.3 Å². The summed E-state index contributed by atoms with van der Waals surface area (Å²) in [6, 6.07) is 17.1. The first-order valence-corrected chi connectivity index (χ1v) is 9.75. The van der Waals surface area contributed by atoms with Crippen LogP contribution in [0.5, 0.6) is 0 Å². The van der Waals surface area contributed by atoms with Crippen LogP contribution in [0.4, 0.5) is 4.39 Å². The Labute approximate surface area is 173 Å². The smallest absolute Gasteiger partial charge is 0.252 e. The number of aryl methyl sites for hydroxylation is 1. The zero-order valence-electron chi connectivity index (χ0n) is 16.5. The van der Waals surface area contributed by atoms with Crippen molar-refractivity contribution in [2.75, 3.05) is 0 Å². The Morgan fingerprint density at radius 1 is 1.07 bits per heavy atom. The maximum atomic E-state index is 14.1. The van der Waals surface area contributed by atoms with Gasteiger partial charge in [0.1, 0.15) is 11.6 Å². The average molecular weight is 404 g/mol. The molecule has 0 radical (unpaired) electrons. The van der Waals surface area contributed by atoms with Crippen molar-refractivity contribution in [1.29, 1.82) is 0 Å². The fraction of sp³-hybridized carbons (Fsp3) is 0.167. The number of hydrogen-bond donors (Lipinski definition) is 1. The molecule has 0 aliphatic heterocycles. The van der Waals surface area contributed by atoms with E-state index < -0.39 is 5.82 Å². The summed E-state index contributed by atoms with van der Waals surface area (Å²) in [5, 5.41) is 3.01. The van der Waals surface area contributed by atoms with Gasteiger partial charge in [0, 0.05) is 18.0 Å². The van der Waals surface area contributed by atoms with E-state index in [1.807, 2.05) is 19.1 Å². The fourth-order valence-electron chi connectivity index (χ4n) is 3.24. The third kappa shape index (κ3) is 4.33. The van der Waals surface area contributed by atoms with Crippen LogP contribution in [-0.2, 0) is 6.42 Å². The molecule has 1 N–H and O–H groups in total. The van der Waals surface area contributed by atoms with Gasteiger partial charge in [0.15, 0.2) is 5.76 Å². The molecule has 0 bridgehead atoms. The minimum Gasteiger partial charge on any atom is -0.469 e. The van der Waals surface area contributed by atoms with Crippen molar-refractivity contribution in [3.05, 3.63) is 90.3 Å². The first-order valence-electron chi connectivity index (χ1n) is 9.75. The van der Waals surface area contributed by atoms with Crippen molar-refractivity contribution in [3.63, 3.8) is 0 Å². The fourth-order valence-corrected chi connectivity index (χ4v) is 3.24. The van der Waals surface area contributed by atoms with E-state index >= 15 is 0 Å². The summed E-state index contributed by atoms with van der Waals surface area (Å²) in [7, 11) is 0. The van der Waals surface area contributed by atoms with Gasteiger partial charge < -0.3 is 14.2 Å². The van der Waals surface area contributed by atoms with E-state index in [0.29, 0.717) is 22.5 Å². The van der Waals surface area contributed by atoms with Gasteiger partial charge >= 0.3 is 0 Å². The van der Waals surface area contributed by atoms with E-state index in [1.54, 1.807) is 48.7 Å². The third-order valence-electron chi connectivity index (χ3n) is 4.83. The quantitative estimate of drug-likeness (QED) is 0.442. The van der Waals surface area contributed by atoms with Crippen LogP contribution in [0.15, 0.2) is 82.0 Å². The predicted octanol–water partition coefficient (Wildman–Crippen LogP) is 5.49. The highest BCUT2D eigenvalue weighted by atomic mass is 19.1. The standard InChI is InChI=1S/C24H21FN2O3/c1-16(12-13-17-7-6-14-29-17)27-23(28)18-8-2-3-9-19(18)24-26-15-22(30-24)20-10-4-5-11-21(20)25/h2-11,14-16H,12-13H2,1H3,(H,27,28). The summed E-state index contributed by atoms with van der Waals surface area (Å²) >= 11 is 0. The summed E-state index contributed by atoms with van der Waals surface area (Å²) < 4.78 is 25.2. The number of rotatable bonds is 7. The number of amides is 1. The van der Waals surface area contributed by atoms with Crippen LogP contribution in [0, 0.1) is 5.82 Å². The highest BCUT2D eigenvalue weighted by Crippen LogP contribution is 2.29. The molecule has 0 aliphatic rings. The Balaban J connectivity index is 1.51. The number of aromatic nitrogens is 1. The molecule has 1 amide bonds. The normalized spacial score (nSPS) is 11.9. The minimum absolute atomic E-state index is 0.0470. The van der Waals surface area contributed by atoms with Crippen LogP contribution >= 0.6 is 0 Å². The molecular formula is C24H21FN2O3. The Morgan fingerprint density at radius 3 is 2.60 bits per heavy atom. The Morgan fingerprint density at radius 2 is 1.83 bits per heavy atom. The number of hydrogen-bond acceptors (Lipinski definition) is 4. The van der Waals surface area contributed by atoms with Crippen molar-refractivity contribution in [1.82, 2.24) is 10.3 Å². The van der Waals surface area contributed by atoms with Crippen LogP contribution in [-0.4, -0.2) is 16.9 Å². The van der Waals surface area contributed by atoms with Crippen LogP contribution in [0.3, 0.4) is 0 Å². The zero-order valence-corrected chi connectivity index (χ0v) is 16.5. The Hall–Kier alpha value is -3.67. The number of halogens is 1. The van der Waals surface area contributed by atoms with Gasteiger partial charge in [0.2, 0.25) is 5.89 Å². The molecule has 5 nitrogen and oxygen atoms in total. The van der Waals surface area contributed by atoms with Crippen LogP contribution < -0.4 is 5.32 Å². The highest BCUT2D eigenvalue weighted by Gasteiger charge is 2.19. The molecular weight excluding hydrogens is 383 g/mol. The molecule has 4 rings (SSSR count). The lowest BCUT2D eigenvalue weighted by Gasteiger charge is -2.14. The van der Waals surface area contributed by atoms with Crippen molar-refractivity contribution < 1.29 is 18.0 Å². The first kappa shape index (κ1) is 19.6. The van der Waals surface area contributed by atoms with Crippen molar-refractivity contribution in [2.24, 2.45) is 0 Å². The van der Waals surface area contributed by atoms with Crippen molar-refractivity contribution >= 4 is 5.91 Å². The number of nitrogens with one attached hydrogen (secondary N) is 1. The third-order valence-corrected chi connectivity index (χ3v) is 4.83. The van der Waals surface area contributed by atoms with Gasteiger partial charge in [-0.1, -0.05) is 24.3 Å². The molecule has 152 valence electrons. The van der Waals surface area contributed by atoms with E-state index in [4.69, 9.17) is 8.83 Å². The summed E-state index contributed by atoms with van der Waals surface area (Å²) in [6.07, 6.45) is 4.59. The van der Waals surface area contributed by atoms with Gasteiger partial charge in [-0.15, -0.1) is 0 Å². The summed E-state index contributed by atoms with van der Waals surface area (Å²) in [4.78, 5) is 17.1. The van der Waals surface area contributed by atoms with E-state index in [0.717, 1.165) is 18.6 Å². The summed E-state index contributed by atoms with van der Waals surface area (Å²) in [5.74, 6) is 0.851. The number of oxazole rings is 1. The van der Waals surface area contributed by atoms with Crippen LogP contribution in [0.2, 0.25) is 0 Å². The molecule has 1 atom stereocenters. The second-order valence-corrected chi connectivity index (χ2v) is 7.05. The highest BCUT2D eigenvalue weighted by molar-refractivity contribution is 6.00. The molecule has 0 saturated heterocycles. The molecule has 30 heavy (non-hydrogen) atoms. The van der Waals surface area contributed by atoms with Crippen LogP contribution in [0.25, 0.3) is 22.8 Å². The van der Waals surface area contributed by atoms with Gasteiger partial charge in [-0.05, 0) is 49.7 Å². The van der Waals surface area contributed by atoms with Gasteiger partial charge in [-0.25, -0.2) is 9.37 Å². The maximum Gasteiger partial charge on any atom is 0.252 e. The van der Waals surface area contributed by atoms with Gasteiger partial charge in [0.05, 0.1) is 23.6 Å². The largest absolute Gasteiger partial charge is 0.469 e. The zero-order chi connectivity index (χ0) is 20.9. The maximum absolute atomic E-state index is 14.1. The number of benzene rings is 2. The van der Waals surface area contributed by atoms with Gasteiger partial charge in [0.25, 0.3) is 5.91 Å². The van der Waals surface area contributed by atoms with Gasteiger partial charge in [-0.3, -0.25) is 4.79 Å². The molecule has 4 aromatic rings. The predicted molar refractivity (Wildman–Crippen MR) is 111 cm³/mol. The number of carbonyl (C=O) groups excluding carboxylic acids is 1. The lowest BCUT2D eigenvalue weighted by atomic mass is 10.1. The minimum atomic E-state index is -0.392. The molecule has 2 heterocycles. The SMILES string of the molecule is CC(CCc1ccco1)NC(=O)c1ccccc1-c1ncc(-c2ccccc2F)o1. The number of furan rings is 1. The van der Waals surface area contributed by atoms with E-state index in [2.05, 4.69) is 10.3 Å². The average Bonchev–Trinajstić information content (AvgIpc) is 3.45.